The van der Waals surface area contributed by atoms with E-state index in [-0.39, 0.29) is 17.8 Å². The van der Waals surface area contributed by atoms with Crippen LogP contribution in [0, 0.1) is 0 Å². The number of carbonyl (C=O) groups excluding carboxylic acids is 1. The largest absolute Gasteiger partial charge is 0.379 e. The van der Waals surface area contributed by atoms with Gasteiger partial charge in [-0.2, -0.15) is 4.31 Å². The summed E-state index contributed by atoms with van der Waals surface area (Å²) in [4.78, 5) is 18.3. The van der Waals surface area contributed by atoms with Gasteiger partial charge >= 0.3 is 6.03 Å². The number of hydrogen-bond donors (Lipinski definition) is 2. The van der Waals surface area contributed by atoms with E-state index in [4.69, 9.17) is 4.74 Å². The van der Waals surface area contributed by atoms with Crippen molar-refractivity contribution in [3.05, 3.63) is 30.1 Å². The maximum absolute atomic E-state index is 13.0. The van der Waals surface area contributed by atoms with Gasteiger partial charge in [0.05, 0.1) is 19.0 Å². The number of nitrogens with one attached hydrogen (secondary N) is 2. The number of morpholine rings is 1. The minimum absolute atomic E-state index is 0.144. The van der Waals surface area contributed by atoms with Crippen LogP contribution in [0.15, 0.2) is 24.5 Å². The molecule has 2 fully saturated rings. The Balaban J connectivity index is 1.30. The molecule has 3 rings (SSSR count). The van der Waals surface area contributed by atoms with Gasteiger partial charge in [0, 0.05) is 51.2 Å². The van der Waals surface area contributed by atoms with Gasteiger partial charge in [-0.25, -0.2) is 13.2 Å². The zero-order valence-electron chi connectivity index (χ0n) is 19.6. The average molecular weight is 482 g/mol. The minimum atomic E-state index is -3.28. The SMILES string of the molecule is O=C(NCCCCS(=O)(=O)N(CCCN1CCOCC1)C1CCC1)NCCc1cccnc1. The fourth-order valence-corrected chi connectivity index (χ4v) is 6.03. The van der Waals surface area contributed by atoms with Crippen molar-refractivity contribution in [2.75, 3.05) is 58.2 Å². The van der Waals surface area contributed by atoms with Gasteiger partial charge in [0.2, 0.25) is 10.0 Å². The highest BCUT2D eigenvalue weighted by Gasteiger charge is 2.33. The Kier molecular flexibility index (Phi) is 10.8. The van der Waals surface area contributed by atoms with Crippen molar-refractivity contribution in [2.45, 2.75) is 51.0 Å². The summed E-state index contributed by atoms with van der Waals surface area (Å²) in [6, 6.07) is 3.80. The zero-order valence-corrected chi connectivity index (χ0v) is 20.4. The third-order valence-corrected chi connectivity index (χ3v) is 8.33. The number of unbranched alkanes of at least 4 members (excludes halogenated alkanes) is 1. The Hall–Kier alpha value is -1.75. The standard InChI is InChI=1S/C23H39N5O4S/c29-23(26-12-9-21-6-4-10-24-20-21)25-11-1-2-19-33(30,31)28(22-7-3-8-22)14-5-13-27-15-17-32-18-16-27/h4,6,10,20,22H,1-3,5,7-9,11-19H2,(H2,25,26,29). The van der Waals surface area contributed by atoms with Crippen LogP contribution in [0.4, 0.5) is 4.79 Å². The molecule has 0 unspecified atom stereocenters. The van der Waals surface area contributed by atoms with E-state index in [9.17, 15) is 13.2 Å². The summed E-state index contributed by atoms with van der Waals surface area (Å²) >= 11 is 0. The van der Waals surface area contributed by atoms with Crippen LogP contribution in [0.1, 0.15) is 44.1 Å². The maximum atomic E-state index is 13.0. The summed E-state index contributed by atoms with van der Waals surface area (Å²) in [5, 5.41) is 5.63. The molecule has 2 amide bonds. The highest BCUT2D eigenvalue weighted by Crippen LogP contribution is 2.27. The van der Waals surface area contributed by atoms with Gasteiger partial charge in [-0.1, -0.05) is 12.5 Å². The highest BCUT2D eigenvalue weighted by atomic mass is 32.2. The van der Waals surface area contributed by atoms with Crippen LogP contribution in [-0.4, -0.2) is 92.9 Å². The molecule has 1 aliphatic carbocycles. The molecule has 10 heteroatoms. The molecule has 186 valence electrons. The van der Waals surface area contributed by atoms with Crippen LogP contribution in [-0.2, 0) is 21.2 Å². The molecule has 1 aromatic heterocycles. The van der Waals surface area contributed by atoms with Gasteiger partial charge in [-0.05, 0) is 56.7 Å². The number of aromatic nitrogens is 1. The van der Waals surface area contributed by atoms with E-state index in [1.807, 2.05) is 12.1 Å². The summed E-state index contributed by atoms with van der Waals surface area (Å²) in [7, 11) is -3.28. The fourth-order valence-electron chi connectivity index (χ4n) is 4.16. The first-order valence-electron chi connectivity index (χ1n) is 12.2. The molecular weight excluding hydrogens is 442 g/mol. The Labute approximate surface area is 198 Å². The second-order valence-corrected chi connectivity index (χ2v) is 10.9. The van der Waals surface area contributed by atoms with Crippen molar-refractivity contribution < 1.29 is 17.9 Å². The number of amides is 2. The average Bonchev–Trinajstić information content (AvgIpc) is 2.78. The van der Waals surface area contributed by atoms with Gasteiger partial charge < -0.3 is 15.4 Å². The number of ether oxygens (including phenoxy) is 1. The van der Waals surface area contributed by atoms with Crippen LogP contribution in [0.25, 0.3) is 0 Å². The lowest BCUT2D eigenvalue weighted by atomic mass is 9.93. The van der Waals surface area contributed by atoms with Gasteiger partial charge in [-0.15, -0.1) is 0 Å². The lowest BCUT2D eigenvalue weighted by molar-refractivity contribution is 0.0363. The molecule has 33 heavy (non-hydrogen) atoms. The molecule has 0 aromatic carbocycles. The van der Waals surface area contributed by atoms with Crippen LogP contribution in [0.3, 0.4) is 0 Å². The fraction of sp³-hybridized carbons (Fsp3) is 0.739. The van der Waals surface area contributed by atoms with Crippen molar-refractivity contribution >= 4 is 16.1 Å². The molecule has 0 atom stereocenters. The lowest BCUT2D eigenvalue weighted by Gasteiger charge is -2.37. The topological polar surface area (TPSA) is 104 Å². The van der Waals surface area contributed by atoms with Crippen molar-refractivity contribution in [3.63, 3.8) is 0 Å². The molecule has 1 saturated carbocycles. The van der Waals surface area contributed by atoms with Crippen molar-refractivity contribution in [3.8, 4) is 0 Å². The third-order valence-electron chi connectivity index (χ3n) is 6.33. The summed E-state index contributed by atoms with van der Waals surface area (Å²) in [6.45, 7) is 5.91. The van der Waals surface area contributed by atoms with E-state index in [2.05, 4.69) is 20.5 Å². The summed E-state index contributed by atoms with van der Waals surface area (Å²) < 4.78 is 33.2. The zero-order chi connectivity index (χ0) is 23.4. The molecule has 9 nitrogen and oxygen atoms in total. The van der Waals surface area contributed by atoms with Crippen LogP contribution < -0.4 is 10.6 Å². The van der Waals surface area contributed by atoms with Gasteiger partial charge in [0.15, 0.2) is 0 Å². The normalized spacial score (nSPS) is 17.6. The van der Waals surface area contributed by atoms with Crippen molar-refractivity contribution in [2.24, 2.45) is 0 Å². The van der Waals surface area contributed by atoms with E-state index in [0.717, 1.165) is 70.5 Å². The van der Waals surface area contributed by atoms with Gasteiger partial charge in [-0.3, -0.25) is 9.88 Å². The molecule has 2 heterocycles. The molecule has 0 radical (unpaired) electrons. The monoisotopic (exact) mass is 481 g/mol. The predicted molar refractivity (Wildman–Crippen MR) is 129 cm³/mol. The molecular formula is C23H39N5O4S. The van der Waals surface area contributed by atoms with Crippen LogP contribution in [0.5, 0.6) is 0 Å². The quantitative estimate of drug-likeness (QED) is 0.391. The number of pyridine rings is 1. The third kappa shape index (κ3) is 9.19. The molecule has 2 aliphatic rings. The van der Waals surface area contributed by atoms with E-state index in [1.54, 1.807) is 16.7 Å². The second kappa shape index (κ2) is 13.8. The number of sulfonamides is 1. The van der Waals surface area contributed by atoms with E-state index >= 15 is 0 Å². The Morgan fingerprint density at radius 1 is 1.15 bits per heavy atom. The van der Waals surface area contributed by atoms with Crippen LogP contribution >= 0.6 is 0 Å². The smallest absolute Gasteiger partial charge is 0.314 e. The Morgan fingerprint density at radius 2 is 1.94 bits per heavy atom. The number of rotatable bonds is 14. The first-order valence-corrected chi connectivity index (χ1v) is 13.9. The number of hydrogen-bond acceptors (Lipinski definition) is 6. The number of carbonyl (C=O) groups is 1. The van der Waals surface area contributed by atoms with Crippen LogP contribution in [0.2, 0.25) is 0 Å². The molecule has 1 aromatic rings. The molecule has 0 spiro atoms. The predicted octanol–water partition coefficient (Wildman–Crippen LogP) is 1.61. The van der Waals surface area contributed by atoms with Gasteiger partial charge in [0.1, 0.15) is 0 Å². The molecule has 1 saturated heterocycles. The molecule has 1 aliphatic heterocycles. The first-order chi connectivity index (χ1) is 16.0. The van der Waals surface area contributed by atoms with E-state index in [0.29, 0.717) is 32.5 Å². The van der Waals surface area contributed by atoms with E-state index < -0.39 is 10.0 Å². The Bertz CT molecular complexity index is 798. The minimum Gasteiger partial charge on any atom is -0.379 e. The van der Waals surface area contributed by atoms with Crippen molar-refractivity contribution in [1.29, 1.82) is 0 Å². The summed E-state index contributed by atoms with van der Waals surface area (Å²) in [5.74, 6) is 0.144. The molecule has 2 N–H and O–H groups in total. The maximum Gasteiger partial charge on any atom is 0.314 e. The first kappa shape index (κ1) is 25.9. The second-order valence-electron chi connectivity index (χ2n) is 8.82. The lowest BCUT2D eigenvalue weighted by Crippen LogP contribution is -2.46. The summed E-state index contributed by atoms with van der Waals surface area (Å²) in [6.07, 6.45) is 9.33. The number of nitrogens with zero attached hydrogens (tertiary/aromatic N) is 3. The Morgan fingerprint density at radius 3 is 2.64 bits per heavy atom. The highest BCUT2D eigenvalue weighted by molar-refractivity contribution is 7.89. The van der Waals surface area contributed by atoms with E-state index in [1.165, 1.54) is 0 Å². The number of urea groups is 1. The van der Waals surface area contributed by atoms with Crippen molar-refractivity contribution in [1.82, 2.24) is 24.8 Å². The molecule has 0 bridgehead atoms. The summed E-state index contributed by atoms with van der Waals surface area (Å²) in [5.41, 5.74) is 1.07. The van der Waals surface area contributed by atoms with Gasteiger partial charge in [0.25, 0.3) is 0 Å².